The fourth-order valence-corrected chi connectivity index (χ4v) is 3.23. The van der Waals surface area contributed by atoms with Crippen molar-refractivity contribution in [2.45, 2.75) is 32.1 Å². The zero-order valence-electron chi connectivity index (χ0n) is 15.7. The van der Waals surface area contributed by atoms with Crippen LogP contribution in [0.2, 0.25) is 0 Å². The molecule has 1 aromatic heterocycles. The van der Waals surface area contributed by atoms with Crippen molar-refractivity contribution in [3.05, 3.63) is 50.5 Å². The third-order valence-electron chi connectivity index (χ3n) is 4.52. The first kappa shape index (κ1) is 19.0. The summed E-state index contributed by atoms with van der Waals surface area (Å²) in [4.78, 5) is 10.7. The summed E-state index contributed by atoms with van der Waals surface area (Å²) >= 11 is 0. The number of nitrogens with two attached hydrogens (primary N) is 1. The van der Waals surface area contributed by atoms with Gasteiger partial charge in [0.1, 0.15) is 11.6 Å². The van der Waals surface area contributed by atoms with Gasteiger partial charge in [-0.15, -0.1) is 5.10 Å². The monoisotopic (exact) mass is 385 g/mol. The molecule has 3 rings (SSSR count). The summed E-state index contributed by atoms with van der Waals surface area (Å²) in [6.45, 7) is 5.85. The highest BCUT2D eigenvalue weighted by Gasteiger charge is 2.39. The van der Waals surface area contributed by atoms with Gasteiger partial charge in [0.15, 0.2) is 5.75 Å². The Morgan fingerprint density at radius 3 is 2.68 bits per heavy atom. The number of allylic oxidation sites excluding steroid dienone is 1. The maximum absolute atomic E-state index is 11.4. The van der Waals surface area contributed by atoms with E-state index >= 15 is 0 Å². The Morgan fingerprint density at radius 1 is 1.46 bits per heavy atom. The number of aromatic nitrogens is 2. The van der Waals surface area contributed by atoms with Gasteiger partial charge in [-0.2, -0.15) is 5.26 Å². The van der Waals surface area contributed by atoms with Gasteiger partial charge in [0, 0.05) is 17.2 Å². The first-order chi connectivity index (χ1) is 13.1. The minimum atomic E-state index is -0.782. The number of nitro groups is 1. The number of H-pyrrole nitrogens is 1. The molecule has 0 aliphatic carbocycles. The van der Waals surface area contributed by atoms with Crippen LogP contribution in [0.15, 0.2) is 23.6 Å². The van der Waals surface area contributed by atoms with E-state index in [0.29, 0.717) is 16.8 Å². The van der Waals surface area contributed by atoms with Gasteiger partial charge >= 0.3 is 5.69 Å². The van der Waals surface area contributed by atoms with Crippen molar-refractivity contribution in [3.8, 4) is 23.4 Å². The van der Waals surface area contributed by atoms with Crippen molar-refractivity contribution < 1.29 is 19.5 Å². The van der Waals surface area contributed by atoms with E-state index in [1.54, 1.807) is 0 Å². The minimum Gasteiger partial charge on any atom is -0.500 e. The van der Waals surface area contributed by atoms with Crippen molar-refractivity contribution >= 4 is 5.69 Å². The Kier molecular flexibility index (Phi) is 4.39. The molecule has 0 fully saturated rings. The van der Waals surface area contributed by atoms with E-state index in [1.807, 2.05) is 26.8 Å². The molecule has 2 aromatic rings. The molecule has 1 aliphatic rings. The molecule has 1 aliphatic heterocycles. The van der Waals surface area contributed by atoms with Crippen molar-refractivity contribution in [2.75, 3.05) is 7.11 Å². The number of nitro benzene ring substituents is 1. The number of phenolic OH excluding ortho intramolecular Hbond substituents is 1. The number of fused-ring (bicyclic) bond motifs is 1. The zero-order valence-corrected chi connectivity index (χ0v) is 15.7. The first-order valence-corrected chi connectivity index (χ1v) is 8.31. The molecule has 0 spiro atoms. The largest absolute Gasteiger partial charge is 0.500 e. The van der Waals surface area contributed by atoms with Crippen LogP contribution in [0.4, 0.5) is 5.69 Å². The molecule has 0 saturated heterocycles. The van der Waals surface area contributed by atoms with Crippen LogP contribution in [0.25, 0.3) is 0 Å². The van der Waals surface area contributed by atoms with Crippen molar-refractivity contribution in [2.24, 2.45) is 5.73 Å². The SMILES string of the molecule is COc1cc([C@@H]2C(C#N)=C(N)Oc3n[nH]c(C(C)(C)C)c32)cc([N+](=O)[O-])c1O. The lowest BCUT2D eigenvalue weighted by Crippen LogP contribution is -2.24. The summed E-state index contributed by atoms with van der Waals surface area (Å²) < 4.78 is 10.6. The molecule has 1 atom stereocenters. The van der Waals surface area contributed by atoms with Gasteiger partial charge in [0.05, 0.1) is 23.5 Å². The first-order valence-electron chi connectivity index (χ1n) is 8.31. The lowest BCUT2D eigenvalue weighted by Gasteiger charge is -2.27. The molecule has 0 bridgehead atoms. The Morgan fingerprint density at radius 2 is 2.14 bits per heavy atom. The van der Waals surface area contributed by atoms with Crippen LogP contribution in [0, 0.1) is 21.4 Å². The van der Waals surface area contributed by atoms with Gasteiger partial charge < -0.3 is 20.3 Å². The van der Waals surface area contributed by atoms with Gasteiger partial charge in [-0.05, 0) is 11.6 Å². The maximum atomic E-state index is 11.4. The zero-order chi connectivity index (χ0) is 20.8. The molecule has 10 nitrogen and oxygen atoms in total. The Labute approximate surface area is 160 Å². The Bertz CT molecular complexity index is 1040. The molecule has 28 heavy (non-hydrogen) atoms. The average molecular weight is 385 g/mol. The van der Waals surface area contributed by atoms with Gasteiger partial charge in [-0.1, -0.05) is 20.8 Å². The number of benzene rings is 1. The molecule has 2 heterocycles. The van der Waals surface area contributed by atoms with Crippen LogP contribution in [-0.4, -0.2) is 27.3 Å². The number of hydrogen-bond donors (Lipinski definition) is 3. The van der Waals surface area contributed by atoms with Crippen molar-refractivity contribution in [1.29, 1.82) is 5.26 Å². The van der Waals surface area contributed by atoms with E-state index in [2.05, 4.69) is 10.2 Å². The number of nitriles is 1. The van der Waals surface area contributed by atoms with Gasteiger partial charge in [0.2, 0.25) is 17.5 Å². The Hall–Kier alpha value is -3.74. The second-order valence-electron chi connectivity index (χ2n) is 7.34. The summed E-state index contributed by atoms with van der Waals surface area (Å²) in [5, 5.41) is 38.3. The van der Waals surface area contributed by atoms with Crippen LogP contribution in [0.1, 0.15) is 43.5 Å². The number of nitrogens with one attached hydrogen (secondary N) is 1. The topological polar surface area (TPSA) is 160 Å². The van der Waals surface area contributed by atoms with Gasteiger partial charge in [0.25, 0.3) is 0 Å². The molecular formula is C18H19N5O5. The molecule has 0 saturated carbocycles. The predicted molar refractivity (Wildman–Crippen MR) is 97.9 cm³/mol. The van der Waals surface area contributed by atoms with Crippen molar-refractivity contribution in [1.82, 2.24) is 10.2 Å². The number of rotatable bonds is 3. The van der Waals surface area contributed by atoms with Gasteiger partial charge in [-0.25, -0.2) is 0 Å². The molecule has 4 N–H and O–H groups in total. The fourth-order valence-electron chi connectivity index (χ4n) is 3.23. The number of hydrogen-bond acceptors (Lipinski definition) is 8. The quantitative estimate of drug-likeness (QED) is 0.536. The number of aromatic amines is 1. The normalized spacial score (nSPS) is 16.2. The molecule has 0 amide bonds. The summed E-state index contributed by atoms with van der Waals surface area (Å²) in [5.41, 5.74) is 6.67. The third kappa shape index (κ3) is 2.87. The second kappa shape index (κ2) is 6.45. The third-order valence-corrected chi connectivity index (χ3v) is 4.52. The lowest BCUT2D eigenvalue weighted by molar-refractivity contribution is -0.386. The smallest absolute Gasteiger partial charge is 0.314 e. The number of methoxy groups -OCH3 is 1. The second-order valence-corrected chi connectivity index (χ2v) is 7.34. The number of nitrogens with zero attached hydrogens (tertiary/aromatic N) is 3. The summed E-state index contributed by atoms with van der Waals surface area (Å²) in [6, 6.07) is 4.66. The highest BCUT2D eigenvalue weighted by atomic mass is 16.6. The fraction of sp³-hybridized carbons (Fsp3) is 0.333. The predicted octanol–water partition coefficient (Wildman–Crippen LogP) is 2.55. The molecular weight excluding hydrogens is 366 g/mol. The van der Waals surface area contributed by atoms with E-state index in [1.165, 1.54) is 19.2 Å². The number of aromatic hydroxyl groups is 1. The van der Waals surface area contributed by atoms with Crippen LogP contribution >= 0.6 is 0 Å². The van der Waals surface area contributed by atoms with E-state index in [-0.39, 0.29) is 28.5 Å². The molecule has 146 valence electrons. The lowest BCUT2D eigenvalue weighted by atomic mass is 9.78. The maximum Gasteiger partial charge on any atom is 0.314 e. The highest BCUT2D eigenvalue weighted by Crippen LogP contribution is 2.48. The minimum absolute atomic E-state index is 0.0847. The number of ether oxygens (including phenoxy) is 2. The van der Waals surface area contributed by atoms with Gasteiger partial charge in [-0.3, -0.25) is 15.2 Å². The van der Waals surface area contributed by atoms with Crippen LogP contribution in [-0.2, 0) is 5.41 Å². The van der Waals surface area contributed by atoms with E-state index in [0.717, 1.165) is 0 Å². The molecule has 10 heteroatoms. The van der Waals surface area contributed by atoms with Crippen LogP contribution < -0.4 is 15.2 Å². The Balaban J connectivity index is 2.35. The molecule has 0 unspecified atom stereocenters. The van der Waals surface area contributed by atoms with E-state index < -0.39 is 22.3 Å². The molecule has 0 radical (unpaired) electrons. The standard InChI is InChI=1S/C18H19N5O5/c1-18(2,3)15-13-12(9(7-19)16(20)28-17(13)22-21-15)8-5-10(23(25)26)14(24)11(6-8)27-4/h5-6,12,24H,20H2,1-4H3,(H,21,22)/t12-/m1/s1. The molecule has 1 aromatic carbocycles. The van der Waals surface area contributed by atoms with Crippen molar-refractivity contribution in [3.63, 3.8) is 0 Å². The summed E-state index contributed by atoms with van der Waals surface area (Å²) in [5.74, 6) is -1.41. The van der Waals surface area contributed by atoms with E-state index in [9.17, 15) is 20.5 Å². The number of phenols is 1. The highest BCUT2D eigenvalue weighted by molar-refractivity contribution is 5.63. The summed E-state index contributed by atoms with van der Waals surface area (Å²) in [7, 11) is 1.28. The van der Waals surface area contributed by atoms with Crippen LogP contribution in [0.5, 0.6) is 17.4 Å². The summed E-state index contributed by atoms with van der Waals surface area (Å²) in [6.07, 6.45) is 0. The average Bonchev–Trinajstić information content (AvgIpc) is 3.04. The van der Waals surface area contributed by atoms with Crippen LogP contribution in [0.3, 0.4) is 0 Å². The van der Waals surface area contributed by atoms with E-state index in [4.69, 9.17) is 15.2 Å².